The molecule has 2 heterocycles. The van der Waals surface area contributed by atoms with Crippen molar-refractivity contribution in [3.8, 4) is 5.69 Å². The maximum atomic E-state index is 13.8. The van der Waals surface area contributed by atoms with Gasteiger partial charge >= 0.3 is 5.97 Å². The van der Waals surface area contributed by atoms with Gasteiger partial charge in [-0.1, -0.05) is 31.6 Å². The first kappa shape index (κ1) is 26.6. The number of rotatable bonds is 4. The van der Waals surface area contributed by atoms with Gasteiger partial charge in [-0.15, -0.1) is 0 Å². The van der Waals surface area contributed by atoms with Crippen LogP contribution in [-0.4, -0.2) is 56.9 Å². The Balaban J connectivity index is 1.25. The number of carbonyl (C=O) groups is 2. The zero-order chi connectivity index (χ0) is 28.9. The molecule has 8 atom stereocenters. The van der Waals surface area contributed by atoms with E-state index in [9.17, 15) is 14.7 Å². The zero-order valence-electron chi connectivity index (χ0n) is 24.5. The molecule has 1 aromatic heterocycles. The molecule has 216 valence electrons. The number of benzene rings is 1. The molecule has 1 aliphatic heterocycles. The van der Waals surface area contributed by atoms with Gasteiger partial charge in [-0.2, -0.15) is 5.10 Å². The van der Waals surface area contributed by atoms with Crippen molar-refractivity contribution in [3.63, 3.8) is 0 Å². The highest BCUT2D eigenvalue weighted by Gasteiger charge is 2.74. The van der Waals surface area contributed by atoms with Crippen molar-refractivity contribution >= 4 is 23.7 Å². The van der Waals surface area contributed by atoms with Crippen LogP contribution in [0.25, 0.3) is 11.8 Å². The maximum Gasteiger partial charge on any atom is 0.303 e. The first-order valence-corrected chi connectivity index (χ1v) is 14.9. The molecule has 0 spiro atoms. The number of Topliss-reactive ketones (excluding diaryl/α,β-unsaturated/α-hetero) is 1. The molecule has 0 radical (unpaired) electrons. The Morgan fingerprint density at radius 2 is 2.05 bits per heavy atom. The van der Waals surface area contributed by atoms with Gasteiger partial charge in [0.2, 0.25) is 5.78 Å². The third kappa shape index (κ3) is 3.55. The van der Waals surface area contributed by atoms with E-state index in [2.05, 4.69) is 51.1 Å². The van der Waals surface area contributed by atoms with Crippen molar-refractivity contribution < 1.29 is 24.2 Å². The van der Waals surface area contributed by atoms with Crippen molar-refractivity contribution in [2.75, 3.05) is 6.61 Å². The Labute approximate surface area is 240 Å². The van der Waals surface area contributed by atoms with Crippen LogP contribution in [0.4, 0.5) is 0 Å². The molecule has 7 rings (SSSR count). The van der Waals surface area contributed by atoms with Crippen molar-refractivity contribution in [2.24, 2.45) is 33.6 Å². The van der Waals surface area contributed by atoms with Crippen molar-refractivity contribution in [3.05, 3.63) is 52.9 Å². The van der Waals surface area contributed by atoms with E-state index in [1.165, 1.54) is 23.6 Å². The largest absolute Gasteiger partial charge is 0.475 e. The molecular weight excluding hydrogens is 518 g/mol. The van der Waals surface area contributed by atoms with E-state index in [4.69, 9.17) is 19.6 Å². The molecule has 0 amide bonds. The molecule has 1 aromatic carbocycles. The number of ketones is 1. The van der Waals surface area contributed by atoms with Gasteiger partial charge in [0.1, 0.15) is 6.10 Å². The monoisotopic (exact) mass is 557 g/mol. The fourth-order valence-electron chi connectivity index (χ4n) is 9.79. The third-order valence-electron chi connectivity index (χ3n) is 11.3. The molecule has 3 saturated carbocycles. The number of hydrogen-bond acceptors (Lipinski definition) is 7. The van der Waals surface area contributed by atoms with Crippen LogP contribution in [0.15, 0.2) is 41.0 Å². The number of aromatic nitrogens is 2. The summed E-state index contributed by atoms with van der Waals surface area (Å²) in [5.41, 5.74) is 4.04. The standard InChI is InChI=1S/C33H39N3O5/c1-18-7-6-8-23(11-18)36-26-12-22-9-10-24-25-13-29-33(35-19(2)41-29,28(39)17-40-20(3)37)32(25,5)15-27(38)30(24)31(22,4)14-21(26)16-34-36/h6-8,11-12,16,24-25,27,29-30,38H,9-10,13-15,17H2,1-5H3/t24-,25-,27-,29+,30+,31-,32-,33+/m0/s1. The first-order valence-electron chi connectivity index (χ1n) is 14.9. The summed E-state index contributed by atoms with van der Waals surface area (Å²) >= 11 is 0. The second kappa shape index (κ2) is 8.87. The SMILES string of the molecule is CC(=O)OCC(=O)[C@@]12N=C(C)O[C@@H]1C[C@H]1[C@@H]3CCC4=Cc5c(cnn5-c5cccc(C)c5)C[C@]4(C)[C@H]3[C@@H](O)C[C@@]12C. The molecule has 41 heavy (non-hydrogen) atoms. The minimum absolute atomic E-state index is 0.0561. The lowest BCUT2D eigenvalue weighted by Gasteiger charge is -2.60. The van der Waals surface area contributed by atoms with Gasteiger partial charge in [-0.05, 0) is 91.5 Å². The fraction of sp³-hybridized carbons (Fsp3) is 0.576. The van der Waals surface area contributed by atoms with Gasteiger partial charge in [0.25, 0.3) is 0 Å². The molecule has 8 heteroatoms. The Morgan fingerprint density at radius 1 is 1.24 bits per heavy atom. The molecule has 5 aliphatic rings. The highest BCUT2D eigenvalue weighted by atomic mass is 16.5. The molecular formula is C33H39N3O5. The van der Waals surface area contributed by atoms with E-state index in [0.717, 1.165) is 30.6 Å². The zero-order valence-corrected chi connectivity index (χ0v) is 24.5. The lowest BCUT2D eigenvalue weighted by atomic mass is 9.45. The Kier molecular flexibility index (Phi) is 5.76. The molecule has 2 aromatic rings. The topological polar surface area (TPSA) is 103 Å². The van der Waals surface area contributed by atoms with Crippen LogP contribution in [0.2, 0.25) is 0 Å². The summed E-state index contributed by atoms with van der Waals surface area (Å²) in [6.07, 6.45) is 7.21. The number of aliphatic hydroxyl groups excluding tert-OH is 1. The summed E-state index contributed by atoms with van der Waals surface area (Å²) in [5, 5.41) is 16.8. The summed E-state index contributed by atoms with van der Waals surface area (Å²) in [4.78, 5) is 30.3. The predicted octanol–water partition coefficient (Wildman–Crippen LogP) is 4.63. The van der Waals surface area contributed by atoms with Gasteiger partial charge in [0.05, 0.1) is 23.7 Å². The number of ether oxygens (including phenoxy) is 2. The van der Waals surface area contributed by atoms with Gasteiger partial charge in [-0.3, -0.25) is 9.59 Å². The number of aryl methyl sites for hydroxylation is 1. The second-order valence-corrected chi connectivity index (χ2v) is 13.5. The quantitative estimate of drug-likeness (QED) is 0.550. The maximum absolute atomic E-state index is 13.8. The summed E-state index contributed by atoms with van der Waals surface area (Å²) in [6, 6.07) is 8.41. The molecule has 0 bridgehead atoms. The van der Waals surface area contributed by atoms with Crippen LogP contribution < -0.4 is 0 Å². The van der Waals surface area contributed by atoms with Crippen molar-refractivity contribution in [2.45, 2.75) is 84.5 Å². The van der Waals surface area contributed by atoms with Crippen LogP contribution in [0.1, 0.15) is 70.2 Å². The number of esters is 1. The van der Waals surface area contributed by atoms with Crippen LogP contribution in [0, 0.1) is 35.5 Å². The summed E-state index contributed by atoms with van der Waals surface area (Å²) in [7, 11) is 0. The minimum Gasteiger partial charge on any atom is -0.475 e. The number of allylic oxidation sites excluding steroid dienone is 1. The van der Waals surface area contributed by atoms with Crippen LogP contribution in [0.5, 0.6) is 0 Å². The highest BCUT2D eigenvalue weighted by molar-refractivity contribution is 5.97. The number of fused-ring (bicyclic) bond motifs is 8. The Morgan fingerprint density at radius 3 is 2.80 bits per heavy atom. The van der Waals surface area contributed by atoms with Gasteiger partial charge in [0, 0.05) is 19.3 Å². The van der Waals surface area contributed by atoms with E-state index in [-0.39, 0.29) is 35.6 Å². The van der Waals surface area contributed by atoms with Crippen LogP contribution in [0.3, 0.4) is 0 Å². The Bertz CT molecular complexity index is 1520. The van der Waals surface area contributed by atoms with E-state index in [1.54, 1.807) is 6.92 Å². The first-order chi connectivity index (χ1) is 19.5. The highest BCUT2D eigenvalue weighted by Crippen LogP contribution is 2.69. The lowest BCUT2D eigenvalue weighted by molar-refractivity contribution is -0.156. The number of aliphatic imine (C=N–C) groups is 1. The van der Waals surface area contributed by atoms with E-state index < -0.39 is 29.1 Å². The van der Waals surface area contributed by atoms with E-state index in [1.807, 2.05) is 10.9 Å². The fourth-order valence-corrected chi connectivity index (χ4v) is 9.79. The molecule has 3 fully saturated rings. The second-order valence-electron chi connectivity index (χ2n) is 13.5. The molecule has 8 nitrogen and oxygen atoms in total. The average Bonchev–Trinajstić information content (AvgIpc) is 3.54. The van der Waals surface area contributed by atoms with Crippen molar-refractivity contribution in [1.29, 1.82) is 0 Å². The van der Waals surface area contributed by atoms with E-state index >= 15 is 0 Å². The van der Waals surface area contributed by atoms with Crippen molar-refractivity contribution in [1.82, 2.24) is 9.78 Å². The van der Waals surface area contributed by atoms with Gasteiger partial charge in [-0.25, -0.2) is 9.67 Å². The number of hydrogen-bond donors (Lipinski definition) is 1. The third-order valence-corrected chi connectivity index (χ3v) is 11.3. The normalized spacial score (nSPS) is 38.3. The number of nitrogens with zero attached hydrogens (tertiary/aromatic N) is 3. The molecule has 0 unspecified atom stereocenters. The predicted molar refractivity (Wildman–Crippen MR) is 153 cm³/mol. The van der Waals surface area contributed by atoms with Gasteiger partial charge < -0.3 is 14.6 Å². The smallest absolute Gasteiger partial charge is 0.303 e. The molecule has 0 saturated heterocycles. The molecule has 1 N–H and O–H groups in total. The minimum atomic E-state index is -1.14. The molecule has 4 aliphatic carbocycles. The Hall–Kier alpha value is -3.26. The average molecular weight is 558 g/mol. The van der Waals surface area contributed by atoms with Crippen LogP contribution >= 0.6 is 0 Å². The lowest BCUT2D eigenvalue weighted by Crippen LogP contribution is -2.62. The van der Waals surface area contributed by atoms with Gasteiger partial charge in [0.15, 0.2) is 18.0 Å². The summed E-state index contributed by atoms with van der Waals surface area (Å²) < 4.78 is 13.4. The number of carbonyl (C=O) groups excluding carboxylic acids is 2. The van der Waals surface area contributed by atoms with E-state index in [0.29, 0.717) is 18.7 Å². The summed E-state index contributed by atoms with van der Waals surface area (Å²) in [5.74, 6) is 0.223. The van der Waals surface area contributed by atoms with Crippen LogP contribution in [-0.2, 0) is 25.5 Å². The summed E-state index contributed by atoms with van der Waals surface area (Å²) in [6.45, 7) is 9.31. The number of aliphatic hydroxyl groups is 1.